The van der Waals surface area contributed by atoms with Crippen LogP contribution in [0.4, 0.5) is 11.6 Å². The van der Waals surface area contributed by atoms with Gasteiger partial charge in [0.1, 0.15) is 24.1 Å². The Morgan fingerprint density at radius 2 is 1.73 bits per heavy atom. The summed E-state index contributed by atoms with van der Waals surface area (Å²) >= 11 is 1.55. The zero-order valence-corrected chi connectivity index (χ0v) is 25.6. The van der Waals surface area contributed by atoms with E-state index in [2.05, 4.69) is 41.8 Å². The average molecular weight is 604 g/mol. The highest BCUT2D eigenvalue weighted by atomic mass is 32.2. The molecule has 6 rings (SSSR count). The lowest BCUT2D eigenvalue weighted by Gasteiger charge is -2.29. The Morgan fingerprint density at radius 1 is 0.955 bits per heavy atom. The number of hydrogen-bond acceptors (Lipinski definition) is 7. The number of nitrogens with zero attached hydrogens (tertiary/aromatic N) is 3. The van der Waals surface area contributed by atoms with Crippen molar-refractivity contribution in [3.8, 4) is 11.5 Å². The second-order valence-electron chi connectivity index (χ2n) is 10.4. The van der Waals surface area contributed by atoms with Gasteiger partial charge >= 0.3 is 0 Å². The molecule has 1 aliphatic rings. The van der Waals surface area contributed by atoms with Crippen LogP contribution >= 0.6 is 11.8 Å². The molecule has 0 fully saturated rings. The highest BCUT2D eigenvalue weighted by molar-refractivity contribution is 7.98. The molecule has 1 aromatic heterocycles. The maximum absolute atomic E-state index is 14.0. The molecule has 222 valence electrons. The molecule has 9 heteroatoms. The van der Waals surface area contributed by atoms with Gasteiger partial charge in [0, 0.05) is 11.4 Å². The highest BCUT2D eigenvalue weighted by Gasteiger charge is 2.35. The first-order valence-corrected chi connectivity index (χ1v) is 15.3. The van der Waals surface area contributed by atoms with Crippen molar-refractivity contribution in [2.45, 2.75) is 37.4 Å². The number of anilines is 2. The van der Waals surface area contributed by atoms with Crippen molar-refractivity contribution in [2.75, 3.05) is 17.7 Å². The Hall–Kier alpha value is -5.02. The molecular formula is C35H33N5O3S. The number of methoxy groups -OCH3 is 1. The van der Waals surface area contributed by atoms with Gasteiger partial charge in [-0.15, -0.1) is 5.10 Å². The molecule has 0 aliphatic carbocycles. The number of aromatic nitrogens is 3. The van der Waals surface area contributed by atoms with Gasteiger partial charge in [-0.1, -0.05) is 90.6 Å². The molecule has 0 radical (unpaired) electrons. The maximum atomic E-state index is 14.0. The van der Waals surface area contributed by atoms with E-state index in [1.807, 2.05) is 85.8 Å². The highest BCUT2D eigenvalue weighted by Crippen LogP contribution is 2.38. The fourth-order valence-electron chi connectivity index (χ4n) is 5.16. The number of ether oxygens (including phenoxy) is 2. The lowest BCUT2D eigenvalue weighted by Crippen LogP contribution is -2.31. The first-order chi connectivity index (χ1) is 21.5. The van der Waals surface area contributed by atoms with Gasteiger partial charge < -0.3 is 20.1 Å². The first kappa shape index (κ1) is 29.1. The van der Waals surface area contributed by atoms with Crippen molar-refractivity contribution >= 4 is 29.3 Å². The number of amides is 1. The summed E-state index contributed by atoms with van der Waals surface area (Å²) < 4.78 is 13.5. The fraction of sp³-hybridized carbons (Fsp3) is 0.171. The van der Waals surface area contributed by atoms with Crippen LogP contribution in [0, 0.1) is 6.92 Å². The van der Waals surface area contributed by atoms with E-state index in [-0.39, 0.29) is 5.91 Å². The number of nitrogens with one attached hydrogen (secondary N) is 2. The minimum atomic E-state index is -0.554. The van der Waals surface area contributed by atoms with Crippen LogP contribution in [-0.4, -0.2) is 27.8 Å². The van der Waals surface area contributed by atoms with Crippen LogP contribution in [0.1, 0.15) is 35.2 Å². The van der Waals surface area contributed by atoms with E-state index in [1.54, 1.807) is 23.6 Å². The summed E-state index contributed by atoms with van der Waals surface area (Å²) in [6, 6.07) is 33.0. The molecule has 0 saturated heterocycles. The van der Waals surface area contributed by atoms with E-state index in [4.69, 9.17) is 19.6 Å². The van der Waals surface area contributed by atoms with Crippen LogP contribution in [0.2, 0.25) is 0 Å². The van der Waals surface area contributed by atoms with Crippen LogP contribution in [-0.2, 0) is 17.2 Å². The molecule has 2 heterocycles. The minimum absolute atomic E-state index is 0.268. The number of allylic oxidation sites excluding steroid dienone is 1. The number of carbonyl (C=O) groups excluding carboxylic acids is 1. The lowest BCUT2D eigenvalue weighted by atomic mass is 9.94. The minimum Gasteiger partial charge on any atom is -0.495 e. The van der Waals surface area contributed by atoms with Crippen molar-refractivity contribution in [1.29, 1.82) is 0 Å². The number of para-hydroxylation sites is 2. The van der Waals surface area contributed by atoms with Gasteiger partial charge in [0.2, 0.25) is 11.1 Å². The van der Waals surface area contributed by atoms with Crippen LogP contribution in [0.3, 0.4) is 0 Å². The Labute approximate surface area is 261 Å². The Bertz CT molecular complexity index is 1820. The van der Waals surface area contributed by atoms with Crippen LogP contribution in [0.25, 0.3) is 0 Å². The predicted molar refractivity (Wildman–Crippen MR) is 174 cm³/mol. The molecule has 0 spiro atoms. The topological polar surface area (TPSA) is 90.3 Å². The third-order valence-electron chi connectivity index (χ3n) is 7.47. The number of fused-ring (bicyclic) bond motifs is 1. The molecule has 1 aliphatic heterocycles. The van der Waals surface area contributed by atoms with Crippen LogP contribution in [0.15, 0.2) is 120 Å². The third kappa shape index (κ3) is 6.33. The van der Waals surface area contributed by atoms with Crippen molar-refractivity contribution in [1.82, 2.24) is 14.8 Å². The monoisotopic (exact) mass is 603 g/mol. The van der Waals surface area contributed by atoms with Gasteiger partial charge in [-0.2, -0.15) is 4.98 Å². The maximum Gasteiger partial charge on any atom is 0.255 e. The van der Waals surface area contributed by atoms with Gasteiger partial charge in [-0.05, 0) is 60.4 Å². The largest absolute Gasteiger partial charge is 0.495 e. The molecule has 1 atom stereocenters. The molecule has 1 unspecified atom stereocenters. The molecule has 2 N–H and O–H groups in total. The summed E-state index contributed by atoms with van der Waals surface area (Å²) in [4.78, 5) is 18.8. The Morgan fingerprint density at radius 3 is 2.55 bits per heavy atom. The van der Waals surface area contributed by atoms with Gasteiger partial charge in [0.15, 0.2) is 0 Å². The van der Waals surface area contributed by atoms with Gasteiger partial charge in [-0.25, -0.2) is 4.68 Å². The summed E-state index contributed by atoms with van der Waals surface area (Å²) in [5.41, 5.74) is 6.10. The Balaban J connectivity index is 1.34. The quantitative estimate of drug-likeness (QED) is 0.161. The van der Waals surface area contributed by atoms with E-state index in [0.717, 1.165) is 16.9 Å². The lowest BCUT2D eigenvalue weighted by molar-refractivity contribution is -0.113. The molecule has 0 bridgehead atoms. The number of thioether (sulfide) groups is 1. The number of benzene rings is 4. The summed E-state index contributed by atoms with van der Waals surface area (Å²) in [6.45, 7) is 4.40. The molecule has 0 saturated carbocycles. The second kappa shape index (κ2) is 13.1. The summed E-state index contributed by atoms with van der Waals surface area (Å²) in [5.74, 6) is 2.31. The number of aryl methyl sites for hydroxylation is 1. The summed E-state index contributed by atoms with van der Waals surface area (Å²) in [6.07, 6.45) is 0. The predicted octanol–water partition coefficient (Wildman–Crippen LogP) is 7.39. The SMILES string of the molecule is COc1ccccc1NC(=O)C1=C(C)Nc2nc(SCc3ccccc3)nn2C1c1cccc(OCc2ccccc2C)c1. The third-order valence-corrected chi connectivity index (χ3v) is 8.38. The van der Waals surface area contributed by atoms with E-state index in [1.165, 1.54) is 11.1 Å². The van der Waals surface area contributed by atoms with Crippen molar-refractivity contribution in [3.05, 3.63) is 137 Å². The number of hydrogen-bond donors (Lipinski definition) is 2. The number of rotatable bonds is 10. The molecule has 44 heavy (non-hydrogen) atoms. The van der Waals surface area contributed by atoms with Gasteiger partial charge in [-0.3, -0.25) is 4.79 Å². The van der Waals surface area contributed by atoms with E-state index < -0.39 is 6.04 Å². The fourth-order valence-corrected chi connectivity index (χ4v) is 5.95. The van der Waals surface area contributed by atoms with Crippen molar-refractivity contribution in [3.63, 3.8) is 0 Å². The standard InChI is InChI=1S/C35H33N5O3S/c1-23-12-7-8-15-27(23)21-43-28-17-11-16-26(20-28)32-31(33(41)37-29-18-9-10-19-30(29)42-3)24(2)36-34-38-35(39-40(32)34)44-22-25-13-5-4-6-14-25/h4-20,32H,21-22H2,1-3H3,(H,37,41)(H,36,38,39). The second-order valence-corrected chi connectivity index (χ2v) is 11.4. The number of carbonyl (C=O) groups is 1. The first-order valence-electron chi connectivity index (χ1n) is 14.3. The van der Waals surface area contributed by atoms with E-state index in [0.29, 0.717) is 46.2 Å². The van der Waals surface area contributed by atoms with E-state index in [9.17, 15) is 4.79 Å². The zero-order valence-electron chi connectivity index (χ0n) is 24.8. The summed E-state index contributed by atoms with van der Waals surface area (Å²) in [7, 11) is 1.58. The van der Waals surface area contributed by atoms with Crippen LogP contribution < -0.4 is 20.1 Å². The van der Waals surface area contributed by atoms with Crippen molar-refractivity contribution < 1.29 is 14.3 Å². The zero-order chi connectivity index (χ0) is 30.5. The van der Waals surface area contributed by atoms with Gasteiger partial charge in [0.05, 0.1) is 18.4 Å². The van der Waals surface area contributed by atoms with Gasteiger partial charge in [0.25, 0.3) is 5.91 Å². The molecule has 5 aromatic rings. The van der Waals surface area contributed by atoms with Crippen LogP contribution in [0.5, 0.6) is 11.5 Å². The molecule has 1 amide bonds. The van der Waals surface area contributed by atoms with E-state index >= 15 is 0 Å². The molecule has 4 aromatic carbocycles. The molecular weight excluding hydrogens is 570 g/mol. The normalized spacial score (nSPS) is 14.0. The average Bonchev–Trinajstić information content (AvgIpc) is 3.46. The smallest absolute Gasteiger partial charge is 0.255 e. The molecule has 8 nitrogen and oxygen atoms in total. The Kier molecular flexibility index (Phi) is 8.65. The summed E-state index contributed by atoms with van der Waals surface area (Å²) in [5, 5.41) is 11.9. The van der Waals surface area contributed by atoms with Crippen molar-refractivity contribution in [2.24, 2.45) is 0 Å².